The molecule has 1 aliphatic rings. The van der Waals surface area contributed by atoms with E-state index in [9.17, 15) is 4.79 Å². The Bertz CT molecular complexity index is 1380. The molecule has 0 N–H and O–H groups in total. The van der Waals surface area contributed by atoms with Gasteiger partial charge in [-0.1, -0.05) is 63.1 Å². The second-order valence-corrected chi connectivity index (χ2v) is 17.8. The summed E-state index contributed by atoms with van der Waals surface area (Å²) in [5.41, 5.74) is 9.88. The third-order valence-corrected chi connectivity index (χ3v) is 10.5. The Balaban J connectivity index is 1.59. The summed E-state index contributed by atoms with van der Waals surface area (Å²) < 4.78 is 11.7. The highest BCUT2D eigenvalue weighted by Crippen LogP contribution is 2.42. The van der Waals surface area contributed by atoms with E-state index in [-0.39, 0.29) is 23.4 Å². The smallest absolute Gasteiger partial charge is 0.310 e. The van der Waals surface area contributed by atoms with Gasteiger partial charge in [0.1, 0.15) is 0 Å². The first-order chi connectivity index (χ1) is 19.9. The van der Waals surface area contributed by atoms with Gasteiger partial charge in [-0.3, -0.25) is 9.78 Å². The molecule has 5 heteroatoms. The van der Waals surface area contributed by atoms with Crippen molar-refractivity contribution in [1.29, 1.82) is 0 Å². The molecule has 42 heavy (non-hydrogen) atoms. The van der Waals surface area contributed by atoms with E-state index in [1.54, 1.807) is 6.20 Å². The Hall–Kier alpha value is -2.76. The number of ether oxygens (including phenoxy) is 1. The number of aromatic nitrogens is 1. The number of pyridine rings is 1. The van der Waals surface area contributed by atoms with E-state index in [0.29, 0.717) is 0 Å². The van der Waals surface area contributed by atoms with Gasteiger partial charge in [0, 0.05) is 23.4 Å². The number of hydrogen-bond donors (Lipinski definition) is 0. The maximum atomic E-state index is 11.8. The fraction of sp³-hybridized carbons (Fsp3) is 0.514. The lowest BCUT2D eigenvalue weighted by molar-refractivity contribution is -0.139. The van der Waals surface area contributed by atoms with Crippen LogP contribution in [0.25, 0.3) is 11.1 Å². The van der Waals surface area contributed by atoms with Crippen LogP contribution in [0.5, 0.6) is 0 Å². The quantitative estimate of drug-likeness (QED) is 0.157. The second kappa shape index (κ2) is 13.3. The molecule has 0 amide bonds. The van der Waals surface area contributed by atoms with Crippen LogP contribution >= 0.6 is 0 Å². The molecule has 1 fully saturated rings. The van der Waals surface area contributed by atoms with E-state index < -0.39 is 8.32 Å². The lowest BCUT2D eigenvalue weighted by atomic mass is 9.69. The van der Waals surface area contributed by atoms with E-state index in [1.807, 2.05) is 12.3 Å². The predicted octanol–water partition coefficient (Wildman–Crippen LogP) is 9.28. The molecule has 1 heterocycles. The number of esters is 1. The molecule has 0 saturated heterocycles. The maximum Gasteiger partial charge on any atom is 0.310 e. The highest BCUT2D eigenvalue weighted by molar-refractivity contribution is 6.69. The number of carbonyl (C=O) groups excluding carboxylic acids is 1. The molecule has 4 rings (SSSR count). The molecule has 0 aliphatic heterocycles. The van der Waals surface area contributed by atoms with E-state index in [1.165, 1.54) is 60.6 Å². The Kier molecular flexibility index (Phi) is 10.2. The molecule has 0 unspecified atom stereocenters. The van der Waals surface area contributed by atoms with Gasteiger partial charge in [-0.25, -0.2) is 0 Å². The topological polar surface area (TPSA) is 48.4 Å². The minimum Gasteiger partial charge on any atom is -0.469 e. The third kappa shape index (κ3) is 7.23. The maximum absolute atomic E-state index is 11.8. The van der Waals surface area contributed by atoms with Crippen LogP contribution in [0, 0.1) is 13.8 Å². The summed E-state index contributed by atoms with van der Waals surface area (Å²) in [7, 11) is -0.174. The molecular weight excluding hydrogens is 534 g/mol. The molecule has 0 radical (unpaired) electrons. The van der Waals surface area contributed by atoms with Crippen molar-refractivity contribution in [3.63, 3.8) is 0 Å². The van der Waals surface area contributed by atoms with Crippen LogP contribution in [0.1, 0.15) is 92.2 Å². The molecule has 0 bridgehead atoms. The number of carbonyl (C=O) groups is 1. The molecule has 0 atom stereocenters. The average Bonchev–Trinajstić information content (AvgIpc) is 3.40. The lowest BCUT2D eigenvalue weighted by Gasteiger charge is -2.37. The molecular formula is C37H51NO3Si. The van der Waals surface area contributed by atoms with Gasteiger partial charge < -0.3 is 9.16 Å². The van der Waals surface area contributed by atoms with Crippen LogP contribution in [0.4, 0.5) is 0 Å². The summed E-state index contributed by atoms with van der Waals surface area (Å²) in [5, 5.41) is 0. The first-order valence-electron chi connectivity index (χ1n) is 15.9. The summed E-state index contributed by atoms with van der Waals surface area (Å²) in [4.78, 5) is 16.2. The Morgan fingerprint density at radius 3 is 2.14 bits per heavy atom. The standard InChI is InChI=1S/C37H51NO3Si/c1-9-37(10-2,33-15-16-34(28(4)22-33)31-23-29(25-38-26-31)24-35(39)40-5)32-14-13-30(27(3)21-32)17-20-36(18-11-12-19-36)41-42(6,7)8/h13-16,21-23,25-26H,9-12,17-20,24H2,1-8H3. The second-order valence-electron chi connectivity index (χ2n) is 13.4. The van der Waals surface area contributed by atoms with Crippen LogP contribution < -0.4 is 0 Å². The lowest BCUT2D eigenvalue weighted by Crippen LogP contribution is -2.41. The van der Waals surface area contributed by atoms with Gasteiger partial charge in [-0.05, 0) is 117 Å². The van der Waals surface area contributed by atoms with Crippen LogP contribution in [-0.4, -0.2) is 32.0 Å². The van der Waals surface area contributed by atoms with Crippen LogP contribution in [0.2, 0.25) is 19.6 Å². The normalized spacial score (nSPS) is 15.1. The van der Waals surface area contributed by atoms with Crippen molar-refractivity contribution in [1.82, 2.24) is 4.98 Å². The number of hydrogen-bond acceptors (Lipinski definition) is 4. The van der Waals surface area contributed by atoms with Crippen molar-refractivity contribution in [2.75, 3.05) is 7.11 Å². The number of benzene rings is 2. The van der Waals surface area contributed by atoms with Crippen LogP contribution in [0.15, 0.2) is 54.9 Å². The summed E-state index contributed by atoms with van der Waals surface area (Å²) in [6.45, 7) is 16.1. The van der Waals surface area contributed by atoms with Crippen molar-refractivity contribution < 1.29 is 14.0 Å². The first kappa shape index (κ1) is 32.2. The minimum atomic E-state index is -1.59. The first-order valence-corrected chi connectivity index (χ1v) is 19.3. The fourth-order valence-corrected chi connectivity index (χ4v) is 8.80. The number of methoxy groups -OCH3 is 1. The SMILES string of the molecule is CCC(CC)(c1ccc(CCC2(O[Si](C)(C)C)CCCC2)c(C)c1)c1ccc(-c2cncc(CC(=O)OC)c2)c(C)c1. The molecule has 1 saturated carbocycles. The zero-order chi connectivity index (χ0) is 30.5. The summed E-state index contributed by atoms with van der Waals surface area (Å²) in [6, 6.07) is 16.2. The number of aryl methyl sites for hydroxylation is 3. The van der Waals surface area contributed by atoms with E-state index in [4.69, 9.17) is 9.16 Å². The van der Waals surface area contributed by atoms with E-state index in [2.05, 4.69) is 88.7 Å². The van der Waals surface area contributed by atoms with Crippen molar-refractivity contribution >= 4 is 14.3 Å². The Morgan fingerprint density at radius 1 is 0.929 bits per heavy atom. The highest BCUT2D eigenvalue weighted by atomic mass is 28.4. The fourth-order valence-electron chi connectivity index (χ4n) is 7.20. The van der Waals surface area contributed by atoms with Crippen LogP contribution in [-0.2, 0) is 32.2 Å². The van der Waals surface area contributed by atoms with Gasteiger partial charge in [0.05, 0.1) is 19.1 Å². The Labute approximate surface area is 255 Å². The largest absolute Gasteiger partial charge is 0.469 e. The molecule has 1 aromatic heterocycles. The van der Waals surface area contributed by atoms with Crippen molar-refractivity contribution in [3.8, 4) is 11.1 Å². The molecule has 1 aliphatic carbocycles. The summed E-state index contributed by atoms with van der Waals surface area (Å²) in [5.74, 6) is -0.254. The van der Waals surface area contributed by atoms with Gasteiger partial charge >= 0.3 is 5.97 Å². The van der Waals surface area contributed by atoms with Crippen molar-refractivity contribution in [2.24, 2.45) is 0 Å². The van der Waals surface area contributed by atoms with Crippen molar-refractivity contribution in [3.05, 3.63) is 88.2 Å². The monoisotopic (exact) mass is 585 g/mol. The van der Waals surface area contributed by atoms with E-state index in [0.717, 1.165) is 42.4 Å². The molecule has 226 valence electrons. The molecule has 3 aromatic rings. The average molecular weight is 586 g/mol. The van der Waals surface area contributed by atoms with Gasteiger partial charge in [-0.2, -0.15) is 0 Å². The summed E-state index contributed by atoms with van der Waals surface area (Å²) in [6.07, 6.45) is 13.1. The number of rotatable bonds is 12. The Morgan fingerprint density at radius 2 is 1.57 bits per heavy atom. The molecule has 0 spiro atoms. The third-order valence-electron chi connectivity index (χ3n) is 9.45. The predicted molar refractivity (Wildman–Crippen MR) is 177 cm³/mol. The van der Waals surface area contributed by atoms with E-state index >= 15 is 0 Å². The molecule has 4 nitrogen and oxygen atoms in total. The molecule has 2 aromatic carbocycles. The van der Waals surface area contributed by atoms with Gasteiger partial charge in [0.15, 0.2) is 8.32 Å². The van der Waals surface area contributed by atoms with Crippen molar-refractivity contribution in [2.45, 2.75) is 116 Å². The number of nitrogens with zero attached hydrogens (tertiary/aromatic N) is 1. The van der Waals surface area contributed by atoms with Crippen LogP contribution in [0.3, 0.4) is 0 Å². The minimum absolute atomic E-state index is 0.0504. The van der Waals surface area contributed by atoms with Gasteiger partial charge in [0.2, 0.25) is 0 Å². The van der Waals surface area contributed by atoms with Gasteiger partial charge in [-0.15, -0.1) is 0 Å². The van der Waals surface area contributed by atoms with Gasteiger partial charge in [0.25, 0.3) is 0 Å². The highest BCUT2D eigenvalue weighted by Gasteiger charge is 2.38. The summed E-state index contributed by atoms with van der Waals surface area (Å²) >= 11 is 0. The zero-order valence-electron chi connectivity index (χ0n) is 27.2. The zero-order valence-corrected chi connectivity index (χ0v) is 28.2.